The van der Waals surface area contributed by atoms with Gasteiger partial charge in [0, 0.05) is 56.6 Å². The Morgan fingerprint density at radius 2 is 1.79 bits per heavy atom. The summed E-state index contributed by atoms with van der Waals surface area (Å²) in [4.78, 5) is 38.7. The second-order valence-electron chi connectivity index (χ2n) is 13.0. The van der Waals surface area contributed by atoms with Crippen molar-refractivity contribution in [2.75, 3.05) is 32.0 Å². The molecule has 2 aromatic heterocycles. The number of oxazole rings is 1. The van der Waals surface area contributed by atoms with E-state index in [1.807, 2.05) is 67.9 Å². The van der Waals surface area contributed by atoms with Crippen molar-refractivity contribution in [3.63, 3.8) is 0 Å². The van der Waals surface area contributed by atoms with E-state index in [1.54, 1.807) is 6.07 Å². The Labute approximate surface area is 278 Å². The molecule has 3 aromatic carbocycles. The number of carbonyl (C=O) groups is 2. The molecular weight excluding hydrogens is 606 g/mol. The first-order chi connectivity index (χ1) is 23.1. The molecule has 1 saturated heterocycles. The number of nitriles is 1. The van der Waals surface area contributed by atoms with Crippen molar-refractivity contribution in [3.05, 3.63) is 88.0 Å². The number of likely N-dealkylation sites (N-methyl/N-ethyl adjacent to an activating group) is 1. The quantitative estimate of drug-likeness (QED) is 0.234. The van der Waals surface area contributed by atoms with Gasteiger partial charge in [-0.15, -0.1) is 0 Å². The molecule has 11 nitrogen and oxygen atoms in total. The third-order valence-electron chi connectivity index (χ3n) is 9.78. The van der Waals surface area contributed by atoms with E-state index in [-0.39, 0.29) is 11.8 Å². The second kappa shape index (κ2) is 12.4. The average molecular weight is 644 g/mol. The average Bonchev–Trinajstić information content (AvgIpc) is 3.79. The number of hydrogen-bond acceptors (Lipinski definition) is 8. The summed E-state index contributed by atoms with van der Waals surface area (Å²) in [5, 5.41) is 22.4. The number of aliphatic carboxylic acids is 1. The Morgan fingerprint density at radius 1 is 1.04 bits per heavy atom. The van der Waals surface area contributed by atoms with Crippen LogP contribution in [0.2, 0.25) is 0 Å². The predicted molar refractivity (Wildman–Crippen MR) is 181 cm³/mol. The van der Waals surface area contributed by atoms with Gasteiger partial charge in [0.2, 0.25) is 5.89 Å². The lowest BCUT2D eigenvalue weighted by molar-refractivity contribution is -0.141. The van der Waals surface area contributed by atoms with E-state index in [4.69, 9.17) is 9.40 Å². The third-order valence-corrected chi connectivity index (χ3v) is 9.78. The van der Waals surface area contributed by atoms with E-state index in [0.29, 0.717) is 60.1 Å². The highest BCUT2D eigenvalue weighted by Gasteiger charge is 2.28. The second-order valence-corrected chi connectivity index (χ2v) is 13.0. The van der Waals surface area contributed by atoms with E-state index >= 15 is 0 Å². The molecule has 1 unspecified atom stereocenters. The third kappa shape index (κ3) is 5.63. The molecular formula is C37H37N7O4. The van der Waals surface area contributed by atoms with Gasteiger partial charge in [0.25, 0.3) is 5.91 Å². The maximum Gasteiger partial charge on any atom is 0.307 e. The molecule has 0 bridgehead atoms. The van der Waals surface area contributed by atoms with Gasteiger partial charge in [-0.3, -0.25) is 14.5 Å². The fourth-order valence-corrected chi connectivity index (χ4v) is 7.08. The highest BCUT2D eigenvalue weighted by atomic mass is 16.4. The van der Waals surface area contributed by atoms with Crippen molar-refractivity contribution in [1.29, 1.82) is 5.26 Å². The molecule has 0 aliphatic carbocycles. The number of imidazole rings is 1. The fraction of sp³-hybridized carbons (Fsp3) is 0.324. The molecule has 0 radical (unpaired) electrons. The van der Waals surface area contributed by atoms with E-state index in [1.165, 1.54) is 0 Å². The molecule has 4 heterocycles. The van der Waals surface area contributed by atoms with Crippen LogP contribution in [0.3, 0.4) is 0 Å². The summed E-state index contributed by atoms with van der Waals surface area (Å²) in [6, 6.07) is 17.8. The number of amides is 1. The van der Waals surface area contributed by atoms with Gasteiger partial charge >= 0.3 is 5.97 Å². The van der Waals surface area contributed by atoms with Crippen LogP contribution in [-0.2, 0) is 31.4 Å². The summed E-state index contributed by atoms with van der Waals surface area (Å²) in [5.74, 6) is -0.569. The van der Waals surface area contributed by atoms with Crippen LogP contribution in [0.5, 0.6) is 0 Å². The Hall–Kier alpha value is -5.31. The van der Waals surface area contributed by atoms with Gasteiger partial charge in [0.15, 0.2) is 11.4 Å². The molecule has 0 saturated carbocycles. The standard InChI is InChI=1S/C37H37N7O4/c1-21-26(27-8-6-10-29(22(27)2)40-35(45)34-39-31-20-42(3)13-12-32(31)43(34)4)7-5-9-28(21)36-41-30-16-23(15-25(17-38)33(30)48-36)18-44-14-11-24(19-44)37(46)47/h5-10,15-16,24H,11-14,18-20H2,1-4H3,(H,40,45)(H,46,47). The van der Waals surface area contributed by atoms with Crippen LogP contribution in [0.1, 0.15) is 50.7 Å². The Kier molecular flexibility index (Phi) is 8.07. The van der Waals surface area contributed by atoms with Crippen LogP contribution in [0.25, 0.3) is 33.7 Å². The number of likely N-dealkylation sites (tertiary alicyclic amines) is 1. The minimum atomic E-state index is -0.771. The number of anilines is 1. The zero-order valence-electron chi connectivity index (χ0n) is 27.5. The SMILES string of the molecule is Cc1c(NC(=O)c2nc3c(n2C)CCN(C)C3)cccc1-c1cccc(-c2nc3cc(CN4CCC(C(=O)O)C4)cc(C#N)c3o2)c1C. The first-order valence-electron chi connectivity index (χ1n) is 16.1. The number of carboxylic acids is 1. The van der Waals surface area contributed by atoms with E-state index in [0.717, 1.165) is 64.3 Å². The number of hydrogen-bond donors (Lipinski definition) is 2. The van der Waals surface area contributed by atoms with E-state index < -0.39 is 5.97 Å². The summed E-state index contributed by atoms with van der Waals surface area (Å²) in [5.41, 5.74) is 9.68. The van der Waals surface area contributed by atoms with E-state index in [9.17, 15) is 20.0 Å². The van der Waals surface area contributed by atoms with Gasteiger partial charge in [-0.2, -0.15) is 5.26 Å². The van der Waals surface area contributed by atoms with Crippen LogP contribution in [0, 0.1) is 31.1 Å². The van der Waals surface area contributed by atoms with Crippen LogP contribution in [0.4, 0.5) is 5.69 Å². The van der Waals surface area contributed by atoms with Crippen LogP contribution in [-0.4, -0.2) is 68.0 Å². The Balaban J connectivity index is 1.17. The van der Waals surface area contributed by atoms with Crippen molar-refractivity contribution < 1.29 is 19.1 Å². The molecule has 5 aromatic rings. The lowest BCUT2D eigenvalue weighted by Crippen LogP contribution is -2.27. The first-order valence-corrected chi connectivity index (χ1v) is 16.1. The van der Waals surface area contributed by atoms with Crippen LogP contribution >= 0.6 is 0 Å². The zero-order valence-corrected chi connectivity index (χ0v) is 27.5. The molecule has 2 aliphatic heterocycles. The maximum atomic E-state index is 13.5. The molecule has 244 valence electrons. The lowest BCUT2D eigenvalue weighted by Gasteiger charge is -2.21. The topological polar surface area (TPSA) is 141 Å². The predicted octanol–water partition coefficient (Wildman–Crippen LogP) is 5.53. The number of carboxylic acid groups (broad SMARTS) is 1. The highest BCUT2D eigenvalue weighted by Crippen LogP contribution is 2.37. The fourth-order valence-electron chi connectivity index (χ4n) is 7.08. The van der Waals surface area contributed by atoms with Crippen molar-refractivity contribution in [3.8, 4) is 28.7 Å². The van der Waals surface area contributed by atoms with Crippen molar-refractivity contribution in [2.45, 2.75) is 39.8 Å². The van der Waals surface area contributed by atoms with E-state index in [2.05, 4.69) is 33.2 Å². The zero-order chi connectivity index (χ0) is 33.7. The minimum absolute atomic E-state index is 0.245. The lowest BCUT2D eigenvalue weighted by atomic mass is 9.93. The summed E-state index contributed by atoms with van der Waals surface area (Å²) < 4.78 is 8.14. The first kappa shape index (κ1) is 31.3. The number of carbonyl (C=O) groups excluding carboxylic acids is 1. The van der Waals surface area contributed by atoms with Gasteiger partial charge in [-0.1, -0.05) is 24.3 Å². The number of aromatic nitrogens is 3. The normalized spacial score (nSPS) is 16.6. The Morgan fingerprint density at radius 3 is 2.54 bits per heavy atom. The molecule has 2 aliphatic rings. The molecule has 0 spiro atoms. The summed E-state index contributed by atoms with van der Waals surface area (Å²) in [7, 11) is 3.96. The summed E-state index contributed by atoms with van der Waals surface area (Å²) in [6.07, 6.45) is 1.48. The smallest absolute Gasteiger partial charge is 0.307 e. The van der Waals surface area contributed by atoms with Gasteiger partial charge in [-0.25, -0.2) is 9.97 Å². The molecule has 2 N–H and O–H groups in total. The number of rotatable bonds is 7. The monoisotopic (exact) mass is 643 g/mol. The van der Waals surface area contributed by atoms with Crippen molar-refractivity contribution >= 4 is 28.7 Å². The van der Waals surface area contributed by atoms with Gasteiger partial charge in [0.1, 0.15) is 11.6 Å². The molecule has 1 fully saturated rings. The number of nitrogens with zero attached hydrogens (tertiary/aromatic N) is 6. The largest absolute Gasteiger partial charge is 0.481 e. The maximum absolute atomic E-state index is 13.5. The molecule has 48 heavy (non-hydrogen) atoms. The molecule has 1 amide bonds. The van der Waals surface area contributed by atoms with Crippen LogP contribution in [0.15, 0.2) is 52.9 Å². The van der Waals surface area contributed by atoms with Gasteiger partial charge in [0.05, 0.1) is 17.2 Å². The number of fused-ring (bicyclic) bond motifs is 2. The summed E-state index contributed by atoms with van der Waals surface area (Å²) in [6.45, 7) is 7.40. The van der Waals surface area contributed by atoms with Gasteiger partial charge in [-0.05, 0) is 85.9 Å². The molecule has 1 atom stereocenters. The van der Waals surface area contributed by atoms with Crippen molar-refractivity contribution in [1.82, 2.24) is 24.3 Å². The highest BCUT2D eigenvalue weighted by molar-refractivity contribution is 6.03. The van der Waals surface area contributed by atoms with Gasteiger partial charge < -0.3 is 24.3 Å². The van der Waals surface area contributed by atoms with Crippen molar-refractivity contribution in [2.24, 2.45) is 13.0 Å². The van der Waals surface area contributed by atoms with Crippen LogP contribution < -0.4 is 5.32 Å². The Bertz CT molecular complexity index is 2140. The molecule has 11 heteroatoms. The number of benzene rings is 3. The summed E-state index contributed by atoms with van der Waals surface area (Å²) >= 11 is 0. The molecule has 7 rings (SSSR count). The minimum Gasteiger partial charge on any atom is -0.481 e. The number of nitrogens with one attached hydrogen (secondary N) is 1.